The van der Waals surface area contributed by atoms with Crippen molar-refractivity contribution in [1.82, 2.24) is 5.01 Å². The van der Waals surface area contributed by atoms with Crippen LogP contribution in [0.2, 0.25) is 0 Å². The molecule has 1 fully saturated rings. The number of methoxy groups -OCH3 is 1. The van der Waals surface area contributed by atoms with Crippen molar-refractivity contribution in [3.63, 3.8) is 0 Å². The van der Waals surface area contributed by atoms with Gasteiger partial charge in [0.1, 0.15) is 12.4 Å². The number of hydrogen-bond donors (Lipinski definition) is 1. The number of nitrogens with two attached hydrogens (primary N) is 1. The maximum absolute atomic E-state index is 13.1. The lowest BCUT2D eigenvalue weighted by atomic mass is 9.90. The van der Waals surface area contributed by atoms with Crippen molar-refractivity contribution >= 4 is 18.0 Å². The van der Waals surface area contributed by atoms with Gasteiger partial charge in [0, 0.05) is 24.2 Å². The number of nitrogens with zero attached hydrogens (tertiary/aromatic N) is 2. The largest absolute Gasteiger partial charge is 0.475 e. The zero-order chi connectivity index (χ0) is 24.6. The van der Waals surface area contributed by atoms with E-state index in [0.29, 0.717) is 43.1 Å². The summed E-state index contributed by atoms with van der Waals surface area (Å²) in [4.78, 5) is 25.1. The van der Waals surface area contributed by atoms with Crippen molar-refractivity contribution in [3.05, 3.63) is 64.7 Å². The Kier molecular flexibility index (Phi) is 8.46. The van der Waals surface area contributed by atoms with Gasteiger partial charge in [0.25, 0.3) is 0 Å². The topological polar surface area (TPSA) is 113 Å². The Morgan fingerprint density at radius 3 is 2.60 bits per heavy atom. The Bertz CT molecular complexity index is 1050. The van der Waals surface area contributed by atoms with E-state index >= 15 is 0 Å². The highest BCUT2D eigenvalue weighted by Crippen LogP contribution is 2.32. The Morgan fingerprint density at radius 1 is 1.11 bits per heavy atom. The molecule has 0 aromatic heterocycles. The first-order chi connectivity index (χ1) is 17.0. The fourth-order valence-corrected chi connectivity index (χ4v) is 4.02. The fourth-order valence-electron chi connectivity index (χ4n) is 4.02. The van der Waals surface area contributed by atoms with Crippen molar-refractivity contribution in [1.29, 1.82) is 0 Å². The number of ether oxygens (including phenoxy) is 4. The second-order valence-corrected chi connectivity index (χ2v) is 8.55. The molecule has 4 rings (SSSR count). The van der Waals surface area contributed by atoms with Gasteiger partial charge in [0.15, 0.2) is 12.0 Å². The standard InChI is InChI=1S/C26H31N3O6/c1-32-12-13-34-24(30)16-22-14-20-6-7-21(15-23(20)35-26(22)27)25(31)19-4-2-18(3-5-19)17-28-29-8-10-33-11-9-29/h2-7,15,17,22,26H,8-14,16,27H2,1H3. The number of rotatable bonds is 9. The highest BCUT2D eigenvalue weighted by molar-refractivity contribution is 6.09. The van der Waals surface area contributed by atoms with Crippen LogP contribution in [0.15, 0.2) is 47.6 Å². The molecule has 2 aromatic carbocycles. The number of fused-ring (bicyclic) bond motifs is 1. The van der Waals surface area contributed by atoms with Gasteiger partial charge in [-0.15, -0.1) is 0 Å². The first kappa shape index (κ1) is 24.8. The molecule has 0 bridgehead atoms. The van der Waals surface area contributed by atoms with Crippen LogP contribution in [0.1, 0.15) is 33.5 Å². The van der Waals surface area contributed by atoms with E-state index in [1.54, 1.807) is 37.6 Å². The molecule has 2 N–H and O–H groups in total. The van der Waals surface area contributed by atoms with Gasteiger partial charge in [-0.05, 0) is 23.6 Å². The zero-order valence-electron chi connectivity index (χ0n) is 19.9. The van der Waals surface area contributed by atoms with Crippen LogP contribution in [-0.4, -0.2) is 75.8 Å². The molecule has 2 aliphatic rings. The summed E-state index contributed by atoms with van der Waals surface area (Å²) >= 11 is 0. The molecular formula is C26H31N3O6. The number of hydrazone groups is 1. The highest BCUT2D eigenvalue weighted by Gasteiger charge is 2.30. The summed E-state index contributed by atoms with van der Waals surface area (Å²) in [6.07, 6.45) is 1.86. The fraction of sp³-hybridized carbons (Fsp3) is 0.423. The number of hydrogen-bond acceptors (Lipinski definition) is 9. The van der Waals surface area contributed by atoms with Gasteiger partial charge in [-0.2, -0.15) is 5.10 Å². The summed E-state index contributed by atoms with van der Waals surface area (Å²) in [5.41, 5.74) is 9.09. The molecule has 0 saturated carbocycles. The summed E-state index contributed by atoms with van der Waals surface area (Å²) < 4.78 is 21.2. The lowest BCUT2D eigenvalue weighted by Crippen LogP contribution is -2.41. The molecule has 9 heteroatoms. The van der Waals surface area contributed by atoms with Crippen LogP contribution >= 0.6 is 0 Å². The molecular weight excluding hydrogens is 450 g/mol. The third-order valence-corrected chi connectivity index (χ3v) is 6.05. The van der Waals surface area contributed by atoms with Gasteiger partial charge >= 0.3 is 5.97 Å². The molecule has 35 heavy (non-hydrogen) atoms. The Hall–Kier alpha value is -3.27. The number of benzene rings is 2. The molecule has 186 valence electrons. The van der Waals surface area contributed by atoms with E-state index in [9.17, 15) is 9.59 Å². The lowest BCUT2D eigenvalue weighted by Gasteiger charge is -2.30. The predicted molar refractivity (Wildman–Crippen MR) is 130 cm³/mol. The molecule has 2 aliphatic heterocycles. The van der Waals surface area contributed by atoms with Crippen LogP contribution in [0.5, 0.6) is 5.75 Å². The molecule has 1 saturated heterocycles. The SMILES string of the molecule is COCCOC(=O)CC1Cc2ccc(C(=O)c3ccc(C=NN4CCOCC4)cc3)cc2OC1N. The van der Waals surface area contributed by atoms with Gasteiger partial charge in [0.2, 0.25) is 0 Å². The van der Waals surface area contributed by atoms with Crippen LogP contribution in [0, 0.1) is 5.92 Å². The highest BCUT2D eigenvalue weighted by atomic mass is 16.6. The van der Waals surface area contributed by atoms with Crippen molar-refractivity contribution in [2.24, 2.45) is 16.8 Å². The molecule has 0 radical (unpaired) electrons. The Balaban J connectivity index is 1.37. The van der Waals surface area contributed by atoms with Crippen LogP contribution in [0.25, 0.3) is 0 Å². The normalized spacial score (nSPS) is 19.8. The van der Waals surface area contributed by atoms with E-state index in [0.717, 1.165) is 24.2 Å². The second kappa shape index (κ2) is 11.9. The summed E-state index contributed by atoms with van der Waals surface area (Å²) in [6.45, 7) is 3.47. The number of carbonyl (C=O) groups is 2. The molecule has 0 aliphatic carbocycles. The molecule has 9 nitrogen and oxygen atoms in total. The minimum atomic E-state index is -0.659. The van der Waals surface area contributed by atoms with Gasteiger partial charge in [-0.3, -0.25) is 20.3 Å². The molecule has 2 atom stereocenters. The average Bonchev–Trinajstić information content (AvgIpc) is 2.88. The third kappa shape index (κ3) is 6.66. The van der Waals surface area contributed by atoms with Crippen molar-refractivity contribution in [3.8, 4) is 5.75 Å². The minimum Gasteiger partial charge on any atom is -0.475 e. The summed E-state index contributed by atoms with van der Waals surface area (Å²) in [5, 5.41) is 6.43. The smallest absolute Gasteiger partial charge is 0.306 e. The molecule has 2 aromatic rings. The zero-order valence-corrected chi connectivity index (χ0v) is 19.9. The van der Waals surface area contributed by atoms with Crippen LogP contribution in [0.4, 0.5) is 0 Å². The molecule has 0 spiro atoms. The first-order valence-corrected chi connectivity index (χ1v) is 11.7. The second-order valence-electron chi connectivity index (χ2n) is 8.55. The molecule has 0 amide bonds. The Labute approximate surface area is 204 Å². The van der Waals surface area contributed by atoms with Gasteiger partial charge < -0.3 is 18.9 Å². The van der Waals surface area contributed by atoms with Crippen molar-refractivity contribution in [2.75, 3.05) is 46.6 Å². The van der Waals surface area contributed by atoms with E-state index in [4.69, 9.17) is 24.7 Å². The van der Waals surface area contributed by atoms with E-state index < -0.39 is 6.23 Å². The number of carbonyl (C=O) groups excluding carboxylic acids is 2. The lowest BCUT2D eigenvalue weighted by molar-refractivity contribution is -0.147. The maximum Gasteiger partial charge on any atom is 0.306 e. The average molecular weight is 482 g/mol. The van der Waals surface area contributed by atoms with E-state index in [-0.39, 0.29) is 30.7 Å². The van der Waals surface area contributed by atoms with Crippen LogP contribution in [0.3, 0.4) is 0 Å². The van der Waals surface area contributed by atoms with E-state index in [1.165, 1.54) is 0 Å². The summed E-state index contributed by atoms with van der Waals surface area (Å²) in [6, 6.07) is 12.7. The van der Waals surface area contributed by atoms with Crippen molar-refractivity contribution in [2.45, 2.75) is 19.1 Å². The van der Waals surface area contributed by atoms with Gasteiger partial charge in [-0.25, -0.2) is 0 Å². The maximum atomic E-state index is 13.1. The number of ketones is 1. The number of esters is 1. The minimum absolute atomic E-state index is 0.106. The van der Waals surface area contributed by atoms with Crippen LogP contribution in [-0.2, 0) is 25.4 Å². The quantitative estimate of drug-likeness (QED) is 0.251. The van der Waals surface area contributed by atoms with E-state index in [2.05, 4.69) is 5.10 Å². The Morgan fingerprint density at radius 2 is 1.86 bits per heavy atom. The molecule has 2 unspecified atom stereocenters. The monoisotopic (exact) mass is 481 g/mol. The van der Waals surface area contributed by atoms with Crippen molar-refractivity contribution < 1.29 is 28.5 Å². The summed E-state index contributed by atoms with van der Waals surface area (Å²) in [5.74, 6) is -0.0716. The number of morpholine rings is 1. The van der Waals surface area contributed by atoms with Crippen LogP contribution < -0.4 is 10.5 Å². The van der Waals surface area contributed by atoms with Gasteiger partial charge in [-0.1, -0.05) is 36.4 Å². The predicted octanol–water partition coefficient (Wildman–Crippen LogP) is 2.00. The van der Waals surface area contributed by atoms with E-state index in [1.807, 2.05) is 23.2 Å². The van der Waals surface area contributed by atoms with Gasteiger partial charge in [0.05, 0.1) is 45.5 Å². The molecule has 2 heterocycles. The summed E-state index contributed by atoms with van der Waals surface area (Å²) in [7, 11) is 1.55. The first-order valence-electron chi connectivity index (χ1n) is 11.7. The third-order valence-electron chi connectivity index (χ3n) is 6.05.